The first-order valence-corrected chi connectivity index (χ1v) is 8.46. The van der Waals surface area contributed by atoms with Gasteiger partial charge in [-0.1, -0.05) is 11.6 Å². The quantitative estimate of drug-likeness (QED) is 0.759. The molecule has 4 heterocycles. The van der Waals surface area contributed by atoms with Crippen molar-refractivity contribution >= 4 is 11.5 Å². The minimum atomic E-state index is -0.0436. The average molecular weight is 312 g/mol. The molecule has 5 heteroatoms. The fraction of sp³-hybridized carbons (Fsp3) is 0.556. The lowest BCUT2D eigenvalue weighted by Gasteiger charge is -2.43. The molecule has 0 aliphatic carbocycles. The van der Waals surface area contributed by atoms with E-state index in [1.807, 2.05) is 16.8 Å². The smallest absolute Gasteiger partial charge is 0.157 e. The molecule has 1 fully saturated rings. The lowest BCUT2D eigenvalue weighted by atomic mass is 9.87. The van der Waals surface area contributed by atoms with Crippen LogP contribution in [0.4, 0.5) is 5.82 Å². The minimum absolute atomic E-state index is 0.0436. The molecule has 122 valence electrons. The predicted molar refractivity (Wildman–Crippen MR) is 91.0 cm³/mol. The van der Waals surface area contributed by atoms with E-state index in [-0.39, 0.29) is 5.60 Å². The van der Waals surface area contributed by atoms with Crippen LogP contribution in [-0.4, -0.2) is 39.9 Å². The average Bonchev–Trinajstić information content (AvgIpc) is 2.97. The summed E-state index contributed by atoms with van der Waals surface area (Å²) < 4.78 is 8.12. The first-order valence-electron chi connectivity index (χ1n) is 8.46. The number of ether oxygens (including phenoxy) is 1. The molecule has 2 aromatic heterocycles. The van der Waals surface area contributed by atoms with Gasteiger partial charge in [-0.2, -0.15) is 9.61 Å². The second-order valence-electron chi connectivity index (χ2n) is 6.89. The summed E-state index contributed by atoms with van der Waals surface area (Å²) in [5.41, 5.74) is 4.65. The summed E-state index contributed by atoms with van der Waals surface area (Å²) in [7, 11) is 0. The maximum Gasteiger partial charge on any atom is 0.157 e. The Morgan fingerprint density at radius 2 is 1.96 bits per heavy atom. The lowest BCUT2D eigenvalue weighted by Crippen LogP contribution is -2.47. The molecule has 0 unspecified atom stereocenters. The van der Waals surface area contributed by atoms with Crippen molar-refractivity contribution in [3.05, 3.63) is 35.2 Å². The van der Waals surface area contributed by atoms with Gasteiger partial charge in [0.15, 0.2) is 5.65 Å². The normalized spacial score (nSPS) is 21.0. The molecule has 2 aliphatic heterocycles. The highest BCUT2D eigenvalue weighted by atomic mass is 16.5. The second kappa shape index (κ2) is 5.34. The van der Waals surface area contributed by atoms with E-state index in [1.165, 1.54) is 17.0 Å². The maximum absolute atomic E-state index is 6.15. The third-order valence-electron chi connectivity index (χ3n) is 5.29. The van der Waals surface area contributed by atoms with Gasteiger partial charge in [0.25, 0.3) is 0 Å². The zero-order valence-corrected chi connectivity index (χ0v) is 14.2. The SMILES string of the molecule is CC1=CC2(CCN(c3c(C)c(C)nc4ccnn34)CC2)OCC1. The van der Waals surface area contributed by atoms with E-state index in [4.69, 9.17) is 4.74 Å². The topological polar surface area (TPSA) is 42.7 Å². The molecule has 1 spiro atoms. The monoisotopic (exact) mass is 312 g/mol. The molecule has 4 rings (SSSR count). The number of piperidine rings is 1. The van der Waals surface area contributed by atoms with Gasteiger partial charge in [-0.15, -0.1) is 0 Å². The van der Waals surface area contributed by atoms with Gasteiger partial charge in [0.1, 0.15) is 5.82 Å². The Morgan fingerprint density at radius 3 is 2.70 bits per heavy atom. The van der Waals surface area contributed by atoms with Crippen molar-refractivity contribution in [3.8, 4) is 0 Å². The van der Waals surface area contributed by atoms with E-state index in [0.29, 0.717) is 0 Å². The van der Waals surface area contributed by atoms with E-state index in [0.717, 1.165) is 50.3 Å². The van der Waals surface area contributed by atoms with Gasteiger partial charge in [0.2, 0.25) is 0 Å². The summed E-state index contributed by atoms with van der Waals surface area (Å²) >= 11 is 0. The molecule has 0 saturated carbocycles. The van der Waals surface area contributed by atoms with Crippen molar-refractivity contribution < 1.29 is 4.74 Å². The van der Waals surface area contributed by atoms with E-state index >= 15 is 0 Å². The first kappa shape index (κ1) is 14.7. The maximum atomic E-state index is 6.15. The van der Waals surface area contributed by atoms with Crippen LogP contribution in [0.2, 0.25) is 0 Å². The van der Waals surface area contributed by atoms with Crippen molar-refractivity contribution in [1.29, 1.82) is 0 Å². The third kappa shape index (κ3) is 2.43. The molecule has 23 heavy (non-hydrogen) atoms. The second-order valence-corrected chi connectivity index (χ2v) is 6.89. The van der Waals surface area contributed by atoms with Crippen molar-refractivity contribution in [1.82, 2.24) is 14.6 Å². The summed E-state index contributed by atoms with van der Waals surface area (Å²) in [5, 5.41) is 4.48. The summed E-state index contributed by atoms with van der Waals surface area (Å²) in [5.74, 6) is 1.18. The molecule has 0 aromatic carbocycles. The van der Waals surface area contributed by atoms with Crippen LogP contribution in [0.15, 0.2) is 23.9 Å². The molecular weight excluding hydrogens is 288 g/mol. The largest absolute Gasteiger partial charge is 0.370 e. The molecule has 1 saturated heterocycles. The number of fused-ring (bicyclic) bond motifs is 1. The van der Waals surface area contributed by atoms with Gasteiger partial charge in [0, 0.05) is 30.4 Å². The standard InChI is InChI=1S/C18H24N4O/c1-13-5-11-23-18(12-13)6-9-21(10-7-18)17-14(2)15(3)20-16-4-8-19-22(16)17/h4,8,12H,5-7,9-11H2,1-3H3. The molecular formula is C18H24N4O. The number of hydrogen-bond donors (Lipinski definition) is 0. The molecule has 2 aromatic rings. The molecule has 2 aliphatic rings. The first-order chi connectivity index (χ1) is 11.1. The van der Waals surface area contributed by atoms with Crippen LogP contribution in [0.25, 0.3) is 5.65 Å². The number of anilines is 1. The van der Waals surface area contributed by atoms with E-state index in [1.54, 1.807) is 0 Å². The third-order valence-corrected chi connectivity index (χ3v) is 5.29. The number of nitrogens with zero attached hydrogens (tertiary/aromatic N) is 4. The fourth-order valence-corrected chi connectivity index (χ4v) is 3.86. The summed E-state index contributed by atoms with van der Waals surface area (Å²) in [6.07, 6.45) is 7.33. The molecule has 0 N–H and O–H groups in total. The molecule has 0 radical (unpaired) electrons. The van der Waals surface area contributed by atoms with E-state index in [2.05, 4.69) is 41.8 Å². The van der Waals surface area contributed by atoms with Crippen LogP contribution >= 0.6 is 0 Å². The van der Waals surface area contributed by atoms with Gasteiger partial charge in [-0.05, 0) is 40.0 Å². The molecule has 0 bridgehead atoms. The zero-order chi connectivity index (χ0) is 16.0. The van der Waals surface area contributed by atoms with Crippen LogP contribution < -0.4 is 4.90 Å². The minimum Gasteiger partial charge on any atom is -0.370 e. The fourth-order valence-electron chi connectivity index (χ4n) is 3.86. The Bertz CT molecular complexity index is 769. The van der Waals surface area contributed by atoms with Crippen molar-refractivity contribution in [2.45, 2.75) is 45.6 Å². The van der Waals surface area contributed by atoms with E-state index in [9.17, 15) is 0 Å². The van der Waals surface area contributed by atoms with Crippen LogP contribution in [0.3, 0.4) is 0 Å². The van der Waals surface area contributed by atoms with Gasteiger partial charge in [-0.3, -0.25) is 0 Å². The van der Waals surface area contributed by atoms with Crippen LogP contribution in [0.5, 0.6) is 0 Å². The molecule has 0 atom stereocenters. The molecule has 5 nitrogen and oxygen atoms in total. The highest BCUT2D eigenvalue weighted by Crippen LogP contribution is 2.35. The van der Waals surface area contributed by atoms with Crippen LogP contribution in [-0.2, 0) is 4.74 Å². The summed E-state index contributed by atoms with van der Waals surface area (Å²) in [4.78, 5) is 7.06. The summed E-state index contributed by atoms with van der Waals surface area (Å²) in [6, 6.07) is 1.97. The zero-order valence-electron chi connectivity index (χ0n) is 14.2. The Kier molecular flexibility index (Phi) is 3.41. The Morgan fingerprint density at radius 1 is 1.17 bits per heavy atom. The van der Waals surface area contributed by atoms with Gasteiger partial charge in [-0.25, -0.2) is 4.98 Å². The number of aryl methyl sites for hydroxylation is 1. The van der Waals surface area contributed by atoms with Crippen molar-refractivity contribution in [2.24, 2.45) is 0 Å². The number of aromatic nitrogens is 3. The Labute approximate surface area is 137 Å². The van der Waals surface area contributed by atoms with E-state index < -0.39 is 0 Å². The number of rotatable bonds is 1. The van der Waals surface area contributed by atoms with Gasteiger partial charge in [0.05, 0.1) is 18.4 Å². The van der Waals surface area contributed by atoms with Crippen LogP contribution in [0.1, 0.15) is 37.4 Å². The van der Waals surface area contributed by atoms with Crippen LogP contribution in [0, 0.1) is 13.8 Å². The molecule has 0 amide bonds. The highest BCUT2D eigenvalue weighted by Gasteiger charge is 2.36. The van der Waals surface area contributed by atoms with Crippen molar-refractivity contribution in [3.63, 3.8) is 0 Å². The van der Waals surface area contributed by atoms with Crippen molar-refractivity contribution in [2.75, 3.05) is 24.6 Å². The Balaban J connectivity index is 1.65. The predicted octanol–water partition coefficient (Wildman–Crippen LogP) is 3.05. The number of hydrogen-bond acceptors (Lipinski definition) is 4. The van der Waals surface area contributed by atoms with Gasteiger partial charge < -0.3 is 9.64 Å². The highest BCUT2D eigenvalue weighted by molar-refractivity contribution is 5.56. The van der Waals surface area contributed by atoms with Gasteiger partial charge >= 0.3 is 0 Å². The Hall–Kier alpha value is -1.88. The summed E-state index contributed by atoms with van der Waals surface area (Å²) in [6.45, 7) is 9.28. The lowest BCUT2D eigenvalue weighted by molar-refractivity contribution is -0.0326.